The van der Waals surface area contributed by atoms with E-state index in [-0.39, 0.29) is 6.04 Å². The first kappa shape index (κ1) is 36.9. The highest BCUT2D eigenvalue weighted by Gasteiger charge is 2.39. The first-order valence-corrected chi connectivity index (χ1v) is 20.0. The third-order valence-electron chi connectivity index (χ3n) is 11.3. The standard InChI is InChI=1S/C47H48N4.C3H8/c1-6-36-42(7-2)50(35-20-12-9-13-21-35)45-29-31(3)39(28-32(4)46(36)45)34-26-27-44-40(30-34)37-22-15-17-25-43(37)51(44)49-41-24-16-14-23-38(41)47(48-5)33-18-10-8-11-19-33;1-3-2/h6,8-18,20-27,29-30,32-33,41,46,48-49H,1,7,19,28H2,2-5H3;3H2,1-2H3/b47-38-;/t32?,33?,41-,46?;/m0./s1. The minimum absolute atomic E-state index is 0.0156. The first-order chi connectivity index (χ1) is 26.4. The smallest absolute Gasteiger partial charge is 0.0875 e. The largest absolute Gasteiger partial charge is 0.391 e. The molecule has 3 aromatic carbocycles. The summed E-state index contributed by atoms with van der Waals surface area (Å²) in [5.41, 5.74) is 18.2. The Hall–Kier alpha value is -5.48. The van der Waals surface area contributed by atoms with Crippen LogP contribution in [0, 0.1) is 17.8 Å². The Morgan fingerprint density at radius 1 is 0.889 bits per heavy atom. The lowest BCUT2D eigenvalue weighted by atomic mass is 9.82. The van der Waals surface area contributed by atoms with Crippen LogP contribution in [0.5, 0.6) is 0 Å². The molecule has 0 saturated carbocycles. The molecule has 54 heavy (non-hydrogen) atoms. The van der Waals surface area contributed by atoms with Gasteiger partial charge in [0.05, 0.1) is 17.1 Å². The minimum Gasteiger partial charge on any atom is -0.391 e. The van der Waals surface area contributed by atoms with Gasteiger partial charge in [-0.15, -0.1) is 0 Å². The van der Waals surface area contributed by atoms with Crippen molar-refractivity contribution >= 4 is 33.1 Å². The molecule has 0 amide bonds. The Kier molecular flexibility index (Phi) is 11.1. The summed E-state index contributed by atoms with van der Waals surface area (Å²) in [6, 6.07) is 26.8. The highest BCUT2D eigenvalue weighted by Crippen LogP contribution is 2.50. The van der Waals surface area contributed by atoms with Gasteiger partial charge in [-0.05, 0) is 96.4 Å². The van der Waals surface area contributed by atoms with Crippen LogP contribution >= 0.6 is 0 Å². The second-order valence-corrected chi connectivity index (χ2v) is 14.9. The minimum atomic E-state index is 0.0156. The van der Waals surface area contributed by atoms with Crippen LogP contribution < -0.4 is 15.6 Å². The molecule has 1 aromatic heterocycles. The van der Waals surface area contributed by atoms with Crippen molar-refractivity contribution in [3.05, 3.63) is 180 Å². The normalized spacial score (nSPS) is 22.9. The Morgan fingerprint density at radius 3 is 2.35 bits per heavy atom. The zero-order valence-corrected chi connectivity index (χ0v) is 32.9. The number of para-hydroxylation sites is 2. The zero-order valence-electron chi connectivity index (χ0n) is 32.9. The molecule has 276 valence electrons. The average molecular weight is 713 g/mol. The lowest BCUT2D eigenvalue weighted by molar-refractivity contribution is 0.487. The monoisotopic (exact) mass is 712 g/mol. The summed E-state index contributed by atoms with van der Waals surface area (Å²) in [4.78, 5) is 2.51. The third kappa shape index (κ3) is 6.75. The number of allylic oxidation sites excluding steroid dienone is 12. The molecule has 3 unspecified atom stereocenters. The van der Waals surface area contributed by atoms with Crippen LogP contribution in [0.25, 0.3) is 27.4 Å². The van der Waals surface area contributed by atoms with E-state index < -0.39 is 0 Å². The molecular formula is C50H56N4. The van der Waals surface area contributed by atoms with E-state index in [1.54, 1.807) is 0 Å². The van der Waals surface area contributed by atoms with E-state index in [0.717, 1.165) is 19.3 Å². The lowest BCUT2D eigenvalue weighted by Crippen LogP contribution is -2.32. The molecule has 4 nitrogen and oxygen atoms in total. The highest BCUT2D eigenvalue weighted by atomic mass is 15.4. The van der Waals surface area contributed by atoms with E-state index in [1.807, 2.05) is 7.05 Å². The van der Waals surface area contributed by atoms with Gasteiger partial charge in [0.25, 0.3) is 0 Å². The van der Waals surface area contributed by atoms with Crippen LogP contribution in [0.2, 0.25) is 0 Å². The summed E-state index contributed by atoms with van der Waals surface area (Å²) in [5.74, 6) is 1.05. The fourth-order valence-corrected chi connectivity index (χ4v) is 8.95. The van der Waals surface area contributed by atoms with E-state index in [1.165, 1.54) is 78.9 Å². The quantitative estimate of drug-likeness (QED) is 0.191. The van der Waals surface area contributed by atoms with Crippen LogP contribution in [0.1, 0.15) is 65.9 Å². The molecule has 0 spiro atoms. The number of hydrogen-bond donors (Lipinski definition) is 2. The second-order valence-electron chi connectivity index (χ2n) is 14.9. The van der Waals surface area contributed by atoms with E-state index >= 15 is 0 Å². The van der Waals surface area contributed by atoms with Gasteiger partial charge >= 0.3 is 0 Å². The third-order valence-corrected chi connectivity index (χ3v) is 11.3. The molecular weight excluding hydrogens is 657 g/mol. The van der Waals surface area contributed by atoms with E-state index in [2.05, 4.69) is 195 Å². The van der Waals surface area contributed by atoms with Crippen molar-refractivity contribution in [1.82, 2.24) is 9.99 Å². The topological polar surface area (TPSA) is 32.2 Å². The summed E-state index contributed by atoms with van der Waals surface area (Å²) < 4.78 is 2.31. The average Bonchev–Trinajstić information content (AvgIpc) is 3.65. The van der Waals surface area contributed by atoms with Crippen LogP contribution in [0.3, 0.4) is 0 Å². The number of nitrogens with zero attached hydrogens (tertiary/aromatic N) is 2. The molecule has 2 N–H and O–H groups in total. The first-order valence-electron chi connectivity index (χ1n) is 20.0. The number of benzene rings is 3. The molecule has 4 atom stereocenters. The molecule has 0 saturated heterocycles. The molecule has 4 aliphatic rings. The van der Waals surface area contributed by atoms with Gasteiger partial charge in [-0.3, -0.25) is 4.68 Å². The molecule has 0 radical (unpaired) electrons. The number of nitrogens with one attached hydrogen (secondary N) is 2. The molecule has 8 rings (SSSR count). The van der Waals surface area contributed by atoms with Crippen molar-refractivity contribution in [1.29, 1.82) is 0 Å². The van der Waals surface area contributed by atoms with Gasteiger partial charge in [0.2, 0.25) is 0 Å². The molecule has 0 bridgehead atoms. The van der Waals surface area contributed by atoms with Crippen LogP contribution in [-0.4, -0.2) is 17.8 Å². The second kappa shape index (κ2) is 16.3. The Balaban J connectivity index is 0.00000145. The molecule has 0 fully saturated rings. The summed E-state index contributed by atoms with van der Waals surface area (Å²) in [6.45, 7) is 15.6. The summed E-state index contributed by atoms with van der Waals surface area (Å²) >= 11 is 0. The number of fused-ring (bicyclic) bond motifs is 4. The van der Waals surface area contributed by atoms with Gasteiger partial charge in [0.15, 0.2) is 0 Å². The Labute approximate surface area is 323 Å². The van der Waals surface area contributed by atoms with E-state index in [4.69, 9.17) is 0 Å². The van der Waals surface area contributed by atoms with Gasteiger partial charge in [-0.25, -0.2) is 0 Å². The van der Waals surface area contributed by atoms with Crippen molar-refractivity contribution in [2.75, 3.05) is 17.4 Å². The number of hydrogen-bond acceptors (Lipinski definition) is 3. The van der Waals surface area contributed by atoms with Crippen LogP contribution in [-0.2, 0) is 0 Å². The Bertz CT molecular complexity index is 2280. The maximum absolute atomic E-state index is 4.32. The van der Waals surface area contributed by atoms with Crippen molar-refractivity contribution < 1.29 is 0 Å². The van der Waals surface area contributed by atoms with Gasteiger partial charge < -0.3 is 15.6 Å². The van der Waals surface area contributed by atoms with Crippen molar-refractivity contribution in [2.45, 2.75) is 66.3 Å². The molecule has 4 aromatic rings. The lowest BCUT2D eigenvalue weighted by Gasteiger charge is -2.28. The molecule has 4 heteroatoms. The van der Waals surface area contributed by atoms with Crippen LogP contribution in [0.4, 0.5) is 5.69 Å². The molecule has 1 aliphatic heterocycles. The van der Waals surface area contributed by atoms with Crippen LogP contribution in [0.15, 0.2) is 174 Å². The summed E-state index contributed by atoms with van der Waals surface area (Å²) in [6.07, 6.45) is 26.5. The Morgan fingerprint density at radius 2 is 1.63 bits per heavy atom. The maximum Gasteiger partial charge on any atom is 0.0875 e. The predicted octanol–water partition coefficient (Wildman–Crippen LogP) is 12.5. The highest BCUT2D eigenvalue weighted by molar-refractivity contribution is 6.09. The molecule has 3 aliphatic carbocycles. The van der Waals surface area contributed by atoms with Crippen molar-refractivity contribution in [3.63, 3.8) is 0 Å². The number of rotatable bonds is 8. The van der Waals surface area contributed by atoms with E-state index in [9.17, 15) is 0 Å². The number of aromatic nitrogens is 1. The zero-order chi connectivity index (χ0) is 37.8. The van der Waals surface area contributed by atoms with Gasteiger partial charge in [-0.2, -0.15) is 0 Å². The maximum atomic E-state index is 4.32. The fourth-order valence-electron chi connectivity index (χ4n) is 8.95. The van der Waals surface area contributed by atoms with Gasteiger partial charge in [0, 0.05) is 52.4 Å². The van der Waals surface area contributed by atoms with E-state index in [0.29, 0.717) is 17.8 Å². The van der Waals surface area contributed by atoms with Gasteiger partial charge in [-0.1, -0.05) is 138 Å². The summed E-state index contributed by atoms with van der Waals surface area (Å²) in [5, 5.41) is 6.08. The SMILES string of the molecule is C=CC1=C(CC)N(c2ccccc2)C2=CC(C)=C(c3ccc4c(c3)c3ccccc3n4N[C@H]3C=CC=C/C3=C(/NC)C3C=CC=CC3)CC(C)C21.CCC. The van der Waals surface area contributed by atoms with Crippen molar-refractivity contribution in [2.24, 2.45) is 17.8 Å². The summed E-state index contributed by atoms with van der Waals surface area (Å²) in [7, 11) is 2.05. The van der Waals surface area contributed by atoms with Gasteiger partial charge in [0.1, 0.15) is 0 Å². The van der Waals surface area contributed by atoms with Crippen molar-refractivity contribution in [3.8, 4) is 0 Å². The fraction of sp³-hybridized carbons (Fsp3) is 0.280. The predicted molar refractivity (Wildman–Crippen MR) is 234 cm³/mol. The molecule has 2 heterocycles. The number of anilines is 1.